The first-order chi connectivity index (χ1) is 10.3. The molecular formula is C14H18Cl2F3N3. The van der Waals surface area contributed by atoms with E-state index in [1.807, 2.05) is 6.07 Å². The lowest BCUT2D eigenvalue weighted by molar-refractivity contribution is -0.132. The summed E-state index contributed by atoms with van der Waals surface area (Å²) in [6.45, 7) is 0.372. The number of guanidine groups is 1. The van der Waals surface area contributed by atoms with Gasteiger partial charge in [0.25, 0.3) is 0 Å². The van der Waals surface area contributed by atoms with E-state index in [1.165, 1.54) is 7.05 Å². The maximum atomic E-state index is 12.0. The van der Waals surface area contributed by atoms with Crippen molar-refractivity contribution in [2.24, 2.45) is 4.99 Å². The fourth-order valence-corrected chi connectivity index (χ4v) is 2.26. The molecule has 3 nitrogen and oxygen atoms in total. The van der Waals surface area contributed by atoms with Crippen LogP contribution in [0.1, 0.15) is 18.4 Å². The molecule has 0 saturated carbocycles. The maximum Gasteiger partial charge on any atom is 0.390 e. The van der Waals surface area contributed by atoms with Crippen molar-refractivity contribution in [2.45, 2.75) is 25.4 Å². The third kappa shape index (κ3) is 7.75. The normalized spacial score (nSPS) is 12.4. The summed E-state index contributed by atoms with van der Waals surface area (Å²) in [5.74, 6) is 0.353. The van der Waals surface area contributed by atoms with Crippen LogP contribution in [0.5, 0.6) is 0 Å². The number of nitrogens with zero attached hydrogens (tertiary/aromatic N) is 1. The van der Waals surface area contributed by atoms with E-state index >= 15 is 0 Å². The maximum absolute atomic E-state index is 12.0. The van der Waals surface area contributed by atoms with Crippen molar-refractivity contribution < 1.29 is 13.2 Å². The number of hydrogen-bond acceptors (Lipinski definition) is 1. The van der Waals surface area contributed by atoms with E-state index < -0.39 is 12.6 Å². The van der Waals surface area contributed by atoms with Gasteiger partial charge in [-0.2, -0.15) is 13.2 Å². The summed E-state index contributed by atoms with van der Waals surface area (Å²) < 4.78 is 36.1. The van der Waals surface area contributed by atoms with Gasteiger partial charge < -0.3 is 10.6 Å². The molecule has 1 rings (SSSR count). The third-order valence-corrected chi connectivity index (χ3v) is 3.44. The SMILES string of the molecule is CN=C(NCCCc1ccc(Cl)cc1Cl)NCCC(F)(F)F. The highest BCUT2D eigenvalue weighted by atomic mass is 35.5. The Balaban J connectivity index is 2.27. The molecule has 2 N–H and O–H groups in total. The van der Waals surface area contributed by atoms with Gasteiger partial charge >= 0.3 is 6.18 Å². The van der Waals surface area contributed by atoms with Crippen LogP contribution in [0.25, 0.3) is 0 Å². The molecule has 0 saturated heterocycles. The minimum absolute atomic E-state index is 0.202. The summed E-state index contributed by atoms with van der Waals surface area (Å²) in [7, 11) is 1.51. The van der Waals surface area contributed by atoms with Gasteiger partial charge in [-0.1, -0.05) is 29.3 Å². The Kier molecular flexibility index (Phi) is 7.82. The number of aryl methyl sites for hydroxylation is 1. The minimum atomic E-state index is -4.17. The molecule has 0 atom stereocenters. The first-order valence-corrected chi connectivity index (χ1v) is 7.52. The molecule has 0 fully saturated rings. The molecule has 124 valence electrons. The van der Waals surface area contributed by atoms with Crippen LogP contribution >= 0.6 is 23.2 Å². The van der Waals surface area contributed by atoms with Gasteiger partial charge in [0.2, 0.25) is 0 Å². The molecule has 22 heavy (non-hydrogen) atoms. The van der Waals surface area contributed by atoms with Crippen molar-refractivity contribution in [3.8, 4) is 0 Å². The molecule has 0 unspecified atom stereocenters. The lowest BCUT2D eigenvalue weighted by Gasteiger charge is -2.13. The second-order valence-corrected chi connectivity index (χ2v) is 5.47. The highest BCUT2D eigenvalue weighted by Crippen LogP contribution is 2.21. The Labute approximate surface area is 137 Å². The lowest BCUT2D eigenvalue weighted by Crippen LogP contribution is -2.39. The molecule has 0 amide bonds. The average molecular weight is 356 g/mol. The van der Waals surface area contributed by atoms with Crippen LogP contribution in [0.3, 0.4) is 0 Å². The van der Waals surface area contributed by atoms with Crippen LogP contribution < -0.4 is 10.6 Å². The summed E-state index contributed by atoms with van der Waals surface area (Å²) in [5.41, 5.74) is 0.980. The standard InChI is InChI=1S/C14H18Cl2F3N3/c1-20-13(22-8-6-14(17,18)19)21-7-2-3-10-4-5-11(15)9-12(10)16/h4-5,9H,2-3,6-8H2,1H3,(H2,20,21,22). The van der Waals surface area contributed by atoms with Crippen molar-refractivity contribution in [1.29, 1.82) is 0 Å². The highest BCUT2D eigenvalue weighted by Gasteiger charge is 2.26. The number of benzene rings is 1. The third-order valence-electron chi connectivity index (χ3n) is 2.85. The van der Waals surface area contributed by atoms with E-state index in [0.717, 1.165) is 18.4 Å². The zero-order chi connectivity index (χ0) is 16.6. The first-order valence-electron chi connectivity index (χ1n) is 6.77. The van der Waals surface area contributed by atoms with Gasteiger partial charge in [0.15, 0.2) is 5.96 Å². The van der Waals surface area contributed by atoms with Crippen LogP contribution in [0.4, 0.5) is 13.2 Å². The molecule has 8 heteroatoms. The van der Waals surface area contributed by atoms with Crippen molar-refractivity contribution in [3.05, 3.63) is 33.8 Å². The number of halogens is 5. The fraction of sp³-hybridized carbons (Fsp3) is 0.500. The van der Waals surface area contributed by atoms with Gasteiger partial charge in [-0.15, -0.1) is 0 Å². The molecule has 0 bridgehead atoms. The fourth-order valence-electron chi connectivity index (χ4n) is 1.75. The van der Waals surface area contributed by atoms with Crippen molar-refractivity contribution in [1.82, 2.24) is 10.6 Å². The Morgan fingerprint density at radius 2 is 1.86 bits per heavy atom. The zero-order valence-electron chi connectivity index (χ0n) is 12.1. The van der Waals surface area contributed by atoms with Crippen LogP contribution in [-0.4, -0.2) is 32.3 Å². The molecule has 0 aromatic heterocycles. The molecule has 0 aliphatic heterocycles. The quantitative estimate of drug-likeness (QED) is 0.459. The number of alkyl halides is 3. The van der Waals surface area contributed by atoms with E-state index in [0.29, 0.717) is 22.5 Å². The Hall–Kier alpha value is -1.14. The largest absolute Gasteiger partial charge is 0.390 e. The molecule has 0 radical (unpaired) electrons. The van der Waals surface area contributed by atoms with Gasteiger partial charge in [-0.25, -0.2) is 0 Å². The second-order valence-electron chi connectivity index (χ2n) is 4.63. The Morgan fingerprint density at radius 1 is 1.18 bits per heavy atom. The smallest absolute Gasteiger partial charge is 0.356 e. The summed E-state index contributed by atoms with van der Waals surface area (Å²) in [6.07, 6.45) is -3.56. The van der Waals surface area contributed by atoms with E-state index in [-0.39, 0.29) is 6.54 Å². The van der Waals surface area contributed by atoms with Gasteiger partial charge in [0, 0.05) is 30.2 Å². The number of rotatable bonds is 6. The predicted molar refractivity (Wildman–Crippen MR) is 84.8 cm³/mol. The molecule has 0 aliphatic carbocycles. The summed E-state index contributed by atoms with van der Waals surface area (Å²) in [5, 5.41) is 6.77. The van der Waals surface area contributed by atoms with Crippen LogP contribution in [0, 0.1) is 0 Å². The lowest BCUT2D eigenvalue weighted by atomic mass is 10.1. The molecule has 0 aliphatic rings. The van der Waals surface area contributed by atoms with Crippen LogP contribution in [0.15, 0.2) is 23.2 Å². The summed E-state index contributed by atoms with van der Waals surface area (Å²) in [4.78, 5) is 3.86. The highest BCUT2D eigenvalue weighted by molar-refractivity contribution is 6.35. The van der Waals surface area contributed by atoms with Gasteiger partial charge in [0.05, 0.1) is 6.42 Å². The molecule has 0 spiro atoms. The van der Waals surface area contributed by atoms with E-state index in [1.54, 1.807) is 12.1 Å². The molecule has 1 aromatic rings. The Bertz CT molecular complexity index is 505. The van der Waals surface area contributed by atoms with E-state index in [9.17, 15) is 13.2 Å². The predicted octanol–water partition coefficient (Wildman–Crippen LogP) is 4.04. The number of nitrogens with one attached hydrogen (secondary N) is 2. The first kappa shape index (κ1) is 18.9. The van der Waals surface area contributed by atoms with Gasteiger partial charge in [0.1, 0.15) is 0 Å². The van der Waals surface area contributed by atoms with Crippen molar-refractivity contribution in [2.75, 3.05) is 20.1 Å². The number of hydrogen-bond donors (Lipinski definition) is 2. The van der Waals surface area contributed by atoms with E-state index in [2.05, 4.69) is 15.6 Å². The van der Waals surface area contributed by atoms with Gasteiger partial charge in [-0.3, -0.25) is 4.99 Å². The van der Waals surface area contributed by atoms with E-state index in [4.69, 9.17) is 23.2 Å². The van der Waals surface area contributed by atoms with Crippen LogP contribution in [0.2, 0.25) is 10.0 Å². The van der Waals surface area contributed by atoms with Crippen LogP contribution in [-0.2, 0) is 6.42 Å². The average Bonchev–Trinajstić information content (AvgIpc) is 2.42. The summed E-state index contributed by atoms with van der Waals surface area (Å²) >= 11 is 11.9. The zero-order valence-corrected chi connectivity index (χ0v) is 13.6. The van der Waals surface area contributed by atoms with Gasteiger partial charge in [-0.05, 0) is 30.5 Å². The minimum Gasteiger partial charge on any atom is -0.356 e. The van der Waals surface area contributed by atoms with Crippen molar-refractivity contribution >= 4 is 29.2 Å². The summed E-state index contributed by atoms with van der Waals surface area (Å²) in [6, 6.07) is 5.32. The molecular weight excluding hydrogens is 338 g/mol. The molecule has 0 heterocycles. The monoisotopic (exact) mass is 355 g/mol. The Morgan fingerprint density at radius 3 is 2.45 bits per heavy atom. The van der Waals surface area contributed by atoms with Crippen molar-refractivity contribution in [3.63, 3.8) is 0 Å². The number of aliphatic imine (C=N–C) groups is 1. The molecule has 1 aromatic carbocycles. The second kappa shape index (κ2) is 9.10. The topological polar surface area (TPSA) is 36.4 Å².